The molecule has 1 unspecified atom stereocenters. The van der Waals surface area contributed by atoms with E-state index in [-0.39, 0.29) is 16.9 Å². The Kier molecular flexibility index (Phi) is 4.78. The van der Waals surface area contributed by atoms with E-state index < -0.39 is 11.9 Å². The van der Waals surface area contributed by atoms with E-state index in [4.69, 9.17) is 11.5 Å². The molecule has 5 aromatic rings. The number of carbonyl (C=O) groups excluding carboxylic acids is 1. The molecular formula is C24H21N7O2. The molecule has 0 aliphatic heterocycles. The van der Waals surface area contributed by atoms with Gasteiger partial charge < -0.3 is 16.8 Å². The number of rotatable bonds is 4. The monoisotopic (exact) mass is 439 g/mol. The summed E-state index contributed by atoms with van der Waals surface area (Å²) < 4.78 is 3.02. The third-order valence-corrected chi connectivity index (χ3v) is 5.56. The molecule has 0 aliphatic rings. The topological polar surface area (TPSA) is 133 Å². The molecule has 3 heterocycles. The third kappa shape index (κ3) is 3.35. The second-order valence-corrected chi connectivity index (χ2v) is 7.70. The minimum Gasteiger partial charge on any atom is -0.398 e. The Hall–Kier alpha value is -4.66. The van der Waals surface area contributed by atoms with Crippen LogP contribution in [0, 0.1) is 0 Å². The van der Waals surface area contributed by atoms with Crippen molar-refractivity contribution in [3.8, 4) is 5.69 Å². The molecule has 0 radical (unpaired) electrons. The second kappa shape index (κ2) is 7.79. The highest BCUT2D eigenvalue weighted by Crippen LogP contribution is 2.25. The number of hydrogen-bond acceptors (Lipinski definition) is 6. The quantitative estimate of drug-likeness (QED) is 0.369. The van der Waals surface area contributed by atoms with Crippen molar-refractivity contribution in [3.05, 3.63) is 94.7 Å². The molecule has 0 spiro atoms. The van der Waals surface area contributed by atoms with Crippen LogP contribution >= 0.6 is 0 Å². The Labute approximate surface area is 188 Å². The zero-order chi connectivity index (χ0) is 23.1. The fourth-order valence-corrected chi connectivity index (χ4v) is 4.04. The minimum atomic E-state index is -0.547. The van der Waals surface area contributed by atoms with Crippen molar-refractivity contribution in [1.29, 1.82) is 0 Å². The molecule has 164 valence electrons. The van der Waals surface area contributed by atoms with E-state index in [0.717, 1.165) is 0 Å². The van der Waals surface area contributed by atoms with Crippen molar-refractivity contribution < 1.29 is 4.79 Å². The number of amides is 1. The van der Waals surface area contributed by atoms with Crippen LogP contribution < -0.4 is 22.3 Å². The normalized spacial score (nSPS) is 12.2. The van der Waals surface area contributed by atoms with Crippen LogP contribution in [-0.4, -0.2) is 25.1 Å². The number of anilines is 2. The summed E-state index contributed by atoms with van der Waals surface area (Å²) in [5.41, 5.74) is 14.1. The molecule has 2 aromatic carbocycles. The number of carbonyl (C=O) groups is 1. The van der Waals surface area contributed by atoms with Crippen molar-refractivity contribution in [2.75, 3.05) is 11.5 Å². The van der Waals surface area contributed by atoms with Gasteiger partial charge in [0.25, 0.3) is 11.5 Å². The molecule has 1 amide bonds. The highest BCUT2D eigenvalue weighted by atomic mass is 16.2. The number of benzene rings is 2. The SMILES string of the molecule is CC(NC(=O)c1c(N)nn2cccnc12)c1cc2cccc(N)c2c(=O)n1-c1ccccc1. The maximum atomic E-state index is 13.5. The summed E-state index contributed by atoms with van der Waals surface area (Å²) in [6.45, 7) is 1.81. The number of nitrogen functional groups attached to an aromatic ring is 2. The maximum absolute atomic E-state index is 13.5. The van der Waals surface area contributed by atoms with Crippen molar-refractivity contribution >= 4 is 33.8 Å². The molecule has 0 aliphatic carbocycles. The number of nitrogens with one attached hydrogen (secondary N) is 1. The van der Waals surface area contributed by atoms with Gasteiger partial charge in [0.05, 0.1) is 11.4 Å². The number of pyridine rings is 1. The van der Waals surface area contributed by atoms with Crippen LogP contribution in [-0.2, 0) is 0 Å². The first-order chi connectivity index (χ1) is 16.0. The van der Waals surface area contributed by atoms with Crippen LogP contribution in [0.15, 0.2) is 77.9 Å². The molecular weight excluding hydrogens is 418 g/mol. The molecule has 33 heavy (non-hydrogen) atoms. The maximum Gasteiger partial charge on any atom is 0.265 e. The van der Waals surface area contributed by atoms with Crippen molar-refractivity contribution in [1.82, 2.24) is 24.5 Å². The summed E-state index contributed by atoms with van der Waals surface area (Å²) in [4.78, 5) is 31.0. The largest absolute Gasteiger partial charge is 0.398 e. The van der Waals surface area contributed by atoms with E-state index in [1.807, 2.05) is 42.5 Å². The molecule has 9 nitrogen and oxygen atoms in total. The minimum absolute atomic E-state index is 0.0742. The van der Waals surface area contributed by atoms with Gasteiger partial charge >= 0.3 is 0 Å². The van der Waals surface area contributed by atoms with Crippen LogP contribution in [0.4, 0.5) is 11.5 Å². The van der Waals surface area contributed by atoms with E-state index in [2.05, 4.69) is 15.4 Å². The first kappa shape index (κ1) is 20.3. The molecule has 0 bridgehead atoms. The summed E-state index contributed by atoms with van der Waals surface area (Å²) >= 11 is 0. The highest BCUT2D eigenvalue weighted by Gasteiger charge is 2.23. The molecule has 0 fully saturated rings. The Morgan fingerprint density at radius 3 is 2.64 bits per heavy atom. The smallest absolute Gasteiger partial charge is 0.265 e. The molecule has 5 rings (SSSR count). The van der Waals surface area contributed by atoms with Gasteiger partial charge in [-0.2, -0.15) is 0 Å². The third-order valence-electron chi connectivity index (χ3n) is 5.56. The molecule has 0 saturated carbocycles. The molecule has 1 atom stereocenters. The van der Waals surface area contributed by atoms with E-state index in [1.165, 1.54) is 4.52 Å². The van der Waals surface area contributed by atoms with Gasteiger partial charge in [0.15, 0.2) is 11.5 Å². The number of nitrogens with zero attached hydrogens (tertiary/aromatic N) is 4. The fourth-order valence-electron chi connectivity index (χ4n) is 4.04. The zero-order valence-corrected chi connectivity index (χ0v) is 17.8. The highest BCUT2D eigenvalue weighted by molar-refractivity contribution is 6.04. The van der Waals surface area contributed by atoms with Crippen LogP contribution in [0.1, 0.15) is 29.0 Å². The Morgan fingerprint density at radius 1 is 1.06 bits per heavy atom. The molecule has 5 N–H and O–H groups in total. The van der Waals surface area contributed by atoms with Crippen molar-refractivity contribution in [3.63, 3.8) is 0 Å². The van der Waals surface area contributed by atoms with Gasteiger partial charge in [-0.25, -0.2) is 9.50 Å². The van der Waals surface area contributed by atoms with Gasteiger partial charge in [-0.3, -0.25) is 14.2 Å². The first-order valence-corrected chi connectivity index (χ1v) is 10.3. The molecule has 3 aromatic heterocycles. The summed E-state index contributed by atoms with van der Waals surface area (Å²) in [6, 6.07) is 17.6. The van der Waals surface area contributed by atoms with E-state index >= 15 is 0 Å². The number of hydrogen-bond donors (Lipinski definition) is 3. The van der Waals surface area contributed by atoms with Gasteiger partial charge in [0.2, 0.25) is 0 Å². The molecule has 9 heteroatoms. The lowest BCUT2D eigenvalue weighted by Gasteiger charge is -2.21. The number of fused-ring (bicyclic) bond motifs is 2. The van der Waals surface area contributed by atoms with Crippen LogP contribution in [0.2, 0.25) is 0 Å². The van der Waals surface area contributed by atoms with E-state index in [9.17, 15) is 9.59 Å². The van der Waals surface area contributed by atoms with E-state index in [1.54, 1.807) is 42.1 Å². The number of aromatic nitrogens is 4. The van der Waals surface area contributed by atoms with Gasteiger partial charge in [0, 0.05) is 29.5 Å². The average Bonchev–Trinajstić information content (AvgIpc) is 3.15. The van der Waals surface area contributed by atoms with Crippen LogP contribution in [0.5, 0.6) is 0 Å². The predicted octanol–water partition coefficient (Wildman–Crippen LogP) is 2.69. The zero-order valence-electron chi connectivity index (χ0n) is 17.8. The Balaban J connectivity index is 1.64. The summed E-state index contributed by atoms with van der Waals surface area (Å²) in [5, 5.41) is 8.22. The molecule has 0 saturated heterocycles. The Bertz CT molecular complexity index is 1570. The standard InChI is InChI=1S/C24H21N7O2/c1-14(28-23(32)20-21(26)29-30-12-6-11-27-22(20)30)18-13-15-7-5-10-17(25)19(15)24(33)31(18)16-8-3-2-4-9-16/h2-14H,25H2,1H3,(H2,26,29)(H,28,32). The lowest BCUT2D eigenvalue weighted by molar-refractivity contribution is 0.0941. The number of nitrogens with two attached hydrogens (primary N) is 2. The van der Waals surface area contributed by atoms with Crippen molar-refractivity contribution in [2.24, 2.45) is 0 Å². The Morgan fingerprint density at radius 2 is 1.85 bits per heavy atom. The van der Waals surface area contributed by atoms with Crippen molar-refractivity contribution in [2.45, 2.75) is 13.0 Å². The fraction of sp³-hybridized carbons (Fsp3) is 0.0833. The number of para-hydroxylation sites is 1. The van der Waals surface area contributed by atoms with Gasteiger partial charge in [-0.15, -0.1) is 5.10 Å². The summed E-state index contributed by atoms with van der Waals surface area (Å²) in [5.74, 6) is -0.362. The average molecular weight is 439 g/mol. The van der Waals surface area contributed by atoms with Gasteiger partial charge in [-0.1, -0.05) is 30.3 Å². The lowest BCUT2D eigenvalue weighted by atomic mass is 10.1. The van der Waals surface area contributed by atoms with E-state index in [0.29, 0.717) is 33.5 Å². The second-order valence-electron chi connectivity index (χ2n) is 7.70. The van der Waals surface area contributed by atoms with Gasteiger partial charge in [0.1, 0.15) is 5.56 Å². The summed E-state index contributed by atoms with van der Waals surface area (Å²) in [7, 11) is 0. The first-order valence-electron chi connectivity index (χ1n) is 10.3. The lowest BCUT2D eigenvalue weighted by Crippen LogP contribution is -2.32. The van der Waals surface area contributed by atoms with Gasteiger partial charge in [-0.05, 0) is 42.6 Å². The van der Waals surface area contributed by atoms with Crippen LogP contribution in [0.25, 0.3) is 22.1 Å². The predicted molar refractivity (Wildman–Crippen MR) is 127 cm³/mol. The van der Waals surface area contributed by atoms with Crippen LogP contribution in [0.3, 0.4) is 0 Å². The summed E-state index contributed by atoms with van der Waals surface area (Å²) in [6.07, 6.45) is 3.23.